The summed E-state index contributed by atoms with van der Waals surface area (Å²) in [6, 6.07) is 4.16. The predicted molar refractivity (Wildman–Crippen MR) is 71.6 cm³/mol. The summed E-state index contributed by atoms with van der Waals surface area (Å²) < 4.78 is 0. The highest BCUT2D eigenvalue weighted by Gasteiger charge is 2.23. The first-order valence-corrected chi connectivity index (χ1v) is 6.12. The van der Waals surface area contributed by atoms with Gasteiger partial charge >= 0.3 is 5.97 Å². The van der Waals surface area contributed by atoms with Crippen molar-refractivity contribution in [1.29, 1.82) is 0 Å². The minimum atomic E-state index is -1.04. The highest BCUT2D eigenvalue weighted by atomic mass is 16.4. The molecule has 20 heavy (non-hydrogen) atoms. The lowest BCUT2D eigenvalue weighted by atomic mass is 10.1. The van der Waals surface area contributed by atoms with Crippen LogP contribution in [0.2, 0.25) is 0 Å². The Bertz CT molecular complexity index is 561. The lowest BCUT2D eigenvalue weighted by molar-refractivity contribution is -0.124. The number of anilines is 1. The maximum absolute atomic E-state index is 12.0. The normalized spacial score (nSPS) is 18.2. The third-order valence-corrected chi connectivity index (χ3v) is 3.06. The third-order valence-electron chi connectivity index (χ3n) is 3.06. The molecule has 1 saturated heterocycles. The van der Waals surface area contributed by atoms with Crippen LogP contribution in [-0.2, 0) is 9.59 Å². The zero-order valence-corrected chi connectivity index (χ0v) is 10.9. The average Bonchev–Trinajstić information content (AvgIpc) is 2.41. The van der Waals surface area contributed by atoms with Crippen LogP contribution in [0, 0.1) is 6.92 Å². The lowest BCUT2D eigenvalue weighted by Crippen LogP contribution is -2.56. The Morgan fingerprint density at radius 3 is 2.75 bits per heavy atom. The first kappa shape index (κ1) is 14.0. The van der Waals surface area contributed by atoms with Crippen LogP contribution in [0.15, 0.2) is 18.2 Å². The van der Waals surface area contributed by atoms with Crippen molar-refractivity contribution in [2.24, 2.45) is 0 Å². The molecule has 1 aromatic rings. The zero-order chi connectivity index (χ0) is 14.7. The highest BCUT2D eigenvalue weighted by Crippen LogP contribution is 2.15. The molecule has 1 atom stereocenters. The summed E-state index contributed by atoms with van der Waals surface area (Å²) >= 11 is 0. The largest absolute Gasteiger partial charge is 0.478 e. The zero-order valence-electron chi connectivity index (χ0n) is 10.9. The fraction of sp³-hybridized carbons (Fsp3) is 0.308. The summed E-state index contributed by atoms with van der Waals surface area (Å²) in [5, 5.41) is 17.0. The van der Waals surface area contributed by atoms with Gasteiger partial charge in [-0.05, 0) is 24.6 Å². The van der Waals surface area contributed by atoms with Crippen LogP contribution in [0.25, 0.3) is 0 Å². The molecule has 4 N–H and O–H groups in total. The van der Waals surface area contributed by atoms with Crippen molar-refractivity contribution in [3.05, 3.63) is 29.3 Å². The summed E-state index contributed by atoms with van der Waals surface area (Å²) in [6.07, 6.45) is 0. The van der Waals surface area contributed by atoms with Crippen LogP contribution in [0.5, 0.6) is 0 Å². The number of carbonyl (C=O) groups is 3. The number of piperazine rings is 1. The van der Waals surface area contributed by atoms with Crippen molar-refractivity contribution < 1.29 is 19.5 Å². The van der Waals surface area contributed by atoms with Gasteiger partial charge in [0.2, 0.25) is 11.8 Å². The van der Waals surface area contributed by atoms with E-state index in [0.717, 1.165) is 0 Å². The molecule has 0 bridgehead atoms. The minimum Gasteiger partial charge on any atom is -0.478 e. The number of rotatable bonds is 3. The molecule has 0 spiro atoms. The molecule has 1 aliphatic rings. The highest BCUT2D eigenvalue weighted by molar-refractivity contribution is 5.98. The molecule has 7 nitrogen and oxygen atoms in total. The standard InChI is InChI=1S/C13H15N3O4/c1-7-2-3-8(4-9(7)13(19)20)16-12(18)10-5-15-11(17)6-14-10/h2-4,10,14H,5-6H2,1H3,(H,15,17)(H,16,18)(H,19,20). The molecule has 1 aliphatic heterocycles. The Balaban J connectivity index is 2.06. The molecule has 0 aromatic heterocycles. The van der Waals surface area contributed by atoms with Crippen LogP contribution in [0.1, 0.15) is 15.9 Å². The van der Waals surface area contributed by atoms with Crippen molar-refractivity contribution in [1.82, 2.24) is 10.6 Å². The quantitative estimate of drug-likeness (QED) is 0.608. The lowest BCUT2D eigenvalue weighted by Gasteiger charge is -2.23. The maximum Gasteiger partial charge on any atom is 0.336 e. The van der Waals surface area contributed by atoms with E-state index in [1.165, 1.54) is 6.07 Å². The molecule has 0 radical (unpaired) electrons. The van der Waals surface area contributed by atoms with Crippen LogP contribution in [0.4, 0.5) is 5.69 Å². The SMILES string of the molecule is Cc1ccc(NC(=O)C2CNC(=O)CN2)cc1C(=O)O. The first-order chi connectivity index (χ1) is 9.47. The van der Waals surface area contributed by atoms with Crippen LogP contribution >= 0.6 is 0 Å². The number of aryl methyl sites for hydroxylation is 1. The van der Waals surface area contributed by atoms with Gasteiger partial charge in [-0.1, -0.05) is 6.07 Å². The van der Waals surface area contributed by atoms with E-state index in [1.807, 2.05) is 0 Å². The van der Waals surface area contributed by atoms with Crippen molar-refractivity contribution in [2.75, 3.05) is 18.4 Å². The number of aromatic carboxylic acids is 1. The summed E-state index contributed by atoms with van der Waals surface area (Å²) in [7, 11) is 0. The maximum atomic E-state index is 12.0. The molecule has 0 aliphatic carbocycles. The number of hydrogen-bond acceptors (Lipinski definition) is 4. The average molecular weight is 277 g/mol. The Morgan fingerprint density at radius 2 is 2.15 bits per heavy atom. The van der Waals surface area contributed by atoms with Crippen molar-refractivity contribution in [3.63, 3.8) is 0 Å². The Hall–Kier alpha value is -2.41. The van der Waals surface area contributed by atoms with Gasteiger partial charge in [0.15, 0.2) is 0 Å². The van der Waals surface area contributed by atoms with Gasteiger partial charge in [-0.25, -0.2) is 4.79 Å². The van der Waals surface area contributed by atoms with Crippen molar-refractivity contribution >= 4 is 23.5 Å². The molecular weight excluding hydrogens is 262 g/mol. The molecule has 1 fully saturated rings. The summed E-state index contributed by atoms with van der Waals surface area (Å²) in [6.45, 7) is 1.99. The first-order valence-electron chi connectivity index (χ1n) is 6.12. The molecule has 2 rings (SSSR count). The number of hydrogen-bond donors (Lipinski definition) is 4. The van der Waals surface area contributed by atoms with E-state index in [0.29, 0.717) is 11.3 Å². The fourth-order valence-corrected chi connectivity index (χ4v) is 1.91. The Morgan fingerprint density at radius 1 is 1.40 bits per heavy atom. The van der Waals surface area contributed by atoms with E-state index in [1.54, 1.807) is 19.1 Å². The summed E-state index contributed by atoms with van der Waals surface area (Å²) in [5.41, 5.74) is 1.18. The molecule has 0 saturated carbocycles. The van der Waals surface area contributed by atoms with Gasteiger partial charge in [-0.2, -0.15) is 0 Å². The minimum absolute atomic E-state index is 0.0896. The smallest absolute Gasteiger partial charge is 0.336 e. The van der Waals surface area contributed by atoms with Crippen LogP contribution < -0.4 is 16.0 Å². The fourth-order valence-electron chi connectivity index (χ4n) is 1.91. The number of carboxylic acids is 1. The van der Waals surface area contributed by atoms with E-state index in [-0.39, 0.29) is 30.5 Å². The topological polar surface area (TPSA) is 108 Å². The van der Waals surface area contributed by atoms with Crippen molar-refractivity contribution in [3.8, 4) is 0 Å². The van der Waals surface area contributed by atoms with Crippen LogP contribution in [0.3, 0.4) is 0 Å². The van der Waals surface area contributed by atoms with Gasteiger partial charge in [0.05, 0.1) is 12.1 Å². The molecule has 1 unspecified atom stereocenters. The number of amides is 2. The van der Waals surface area contributed by atoms with E-state index in [2.05, 4.69) is 16.0 Å². The van der Waals surface area contributed by atoms with Gasteiger partial charge in [-0.3, -0.25) is 14.9 Å². The number of nitrogens with one attached hydrogen (secondary N) is 3. The number of benzene rings is 1. The van der Waals surface area contributed by atoms with E-state index < -0.39 is 12.0 Å². The summed E-state index contributed by atoms with van der Waals surface area (Å²) in [5.74, 6) is -1.51. The van der Waals surface area contributed by atoms with E-state index in [4.69, 9.17) is 5.11 Å². The predicted octanol–water partition coefficient (Wildman–Crippen LogP) is -0.280. The van der Waals surface area contributed by atoms with Crippen molar-refractivity contribution in [2.45, 2.75) is 13.0 Å². The van der Waals surface area contributed by atoms with Crippen LogP contribution in [-0.4, -0.2) is 42.0 Å². The monoisotopic (exact) mass is 277 g/mol. The number of carbonyl (C=O) groups excluding carboxylic acids is 2. The Kier molecular flexibility index (Phi) is 3.99. The molecular formula is C13H15N3O4. The second-order valence-corrected chi connectivity index (χ2v) is 4.56. The Labute approximate surface area is 115 Å². The van der Waals surface area contributed by atoms with Gasteiger partial charge < -0.3 is 15.7 Å². The second-order valence-electron chi connectivity index (χ2n) is 4.56. The molecule has 2 amide bonds. The second kappa shape index (κ2) is 5.70. The molecule has 7 heteroatoms. The van der Waals surface area contributed by atoms with Gasteiger partial charge in [0.25, 0.3) is 0 Å². The van der Waals surface area contributed by atoms with E-state index >= 15 is 0 Å². The molecule has 106 valence electrons. The third kappa shape index (κ3) is 3.12. The summed E-state index contributed by atoms with van der Waals surface area (Å²) in [4.78, 5) is 34.0. The van der Waals surface area contributed by atoms with Gasteiger partial charge in [-0.15, -0.1) is 0 Å². The molecule has 1 heterocycles. The van der Waals surface area contributed by atoms with E-state index in [9.17, 15) is 14.4 Å². The number of carboxylic acid groups (broad SMARTS) is 1. The van der Waals surface area contributed by atoms with Gasteiger partial charge in [0.1, 0.15) is 6.04 Å². The molecule has 1 aromatic carbocycles. The van der Waals surface area contributed by atoms with Gasteiger partial charge in [0, 0.05) is 12.2 Å².